The number of rotatable bonds is 2. The van der Waals surface area contributed by atoms with Gasteiger partial charge in [0.2, 0.25) is 5.91 Å². The van der Waals surface area contributed by atoms with Crippen molar-refractivity contribution in [3.8, 4) is 0 Å². The molecule has 0 radical (unpaired) electrons. The van der Waals surface area contributed by atoms with E-state index >= 15 is 0 Å². The highest BCUT2D eigenvalue weighted by atomic mass is 16.2. The van der Waals surface area contributed by atoms with Crippen LogP contribution in [-0.2, 0) is 28.0 Å². The summed E-state index contributed by atoms with van der Waals surface area (Å²) >= 11 is 0. The van der Waals surface area contributed by atoms with Crippen molar-refractivity contribution < 1.29 is 14.4 Å². The first-order chi connectivity index (χ1) is 14.1. The van der Waals surface area contributed by atoms with E-state index < -0.39 is 11.6 Å². The SMILES string of the molecule is O=C1NC2(CCCc3ccccc32)C(=O)N1CC(=O)N1CCCc2ccccc21. The second-order valence-corrected chi connectivity index (χ2v) is 8.02. The third-order valence-corrected chi connectivity index (χ3v) is 6.36. The number of nitrogens with one attached hydrogen (secondary N) is 1. The lowest BCUT2D eigenvalue weighted by Gasteiger charge is -2.33. The van der Waals surface area contributed by atoms with Gasteiger partial charge in [0.1, 0.15) is 12.1 Å². The van der Waals surface area contributed by atoms with Crippen LogP contribution in [0.15, 0.2) is 48.5 Å². The van der Waals surface area contributed by atoms with Crippen LogP contribution in [-0.4, -0.2) is 35.8 Å². The topological polar surface area (TPSA) is 69.7 Å². The molecule has 1 atom stereocenters. The van der Waals surface area contributed by atoms with Gasteiger partial charge in [0.15, 0.2) is 0 Å². The van der Waals surface area contributed by atoms with Gasteiger partial charge in [0.05, 0.1) is 0 Å². The molecular weight excluding hydrogens is 366 g/mol. The van der Waals surface area contributed by atoms with Gasteiger partial charge in [-0.15, -0.1) is 0 Å². The molecule has 1 fully saturated rings. The fourth-order valence-corrected chi connectivity index (χ4v) is 4.97. The van der Waals surface area contributed by atoms with E-state index in [0.717, 1.165) is 53.0 Å². The number of carbonyl (C=O) groups excluding carboxylic acids is 3. The van der Waals surface area contributed by atoms with E-state index in [0.29, 0.717) is 13.0 Å². The molecule has 1 spiro atoms. The maximum absolute atomic E-state index is 13.4. The number of fused-ring (bicyclic) bond motifs is 3. The van der Waals surface area contributed by atoms with E-state index in [1.807, 2.05) is 48.5 Å². The van der Waals surface area contributed by atoms with Gasteiger partial charge >= 0.3 is 6.03 Å². The number of imide groups is 1. The third-order valence-electron chi connectivity index (χ3n) is 6.36. The highest BCUT2D eigenvalue weighted by Gasteiger charge is 2.54. The Morgan fingerprint density at radius 1 is 0.966 bits per heavy atom. The van der Waals surface area contributed by atoms with Crippen LogP contribution in [0.2, 0.25) is 0 Å². The molecule has 148 valence electrons. The smallest absolute Gasteiger partial charge is 0.319 e. The summed E-state index contributed by atoms with van der Waals surface area (Å²) in [6.07, 6.45) is 4.09. The number of hydrogen-bond acceptors (Lipinski definition) is 3. The van der Waals surface area contributed by atoms with Crippen molar-refractivity contribution in [2.75, 3.05) is 18.0 Å². The van der Waals surface area contributed by atoms with Gasteiger partial charge in [0, 0.05) is 12.2 Å². The number of benzene rings is 2. The Balaban J connectivity index is 1.42. The maximum Gasteiger partial charge on any atom is 0.325 e. The zero-order chi connectivity index (χ0) is 20.0. The Kier molecular flexibility index (Phi) is 4.15. The van der Waals surface area contributed by atoms with Crippen LogP contribution >= 0.6 is 0 Å². The van der Waals surface area contributed by atoms with Gasteiger partial charge in [-0.1, -0.05) is 42.5 Å². The highest BCUT2D eigenvalue weighted by Crippen LogP contribution is 2.40. The fourth-order valence-electron chi connectivity index (χ4n) is 4.97. The summed E-state index contributed by atoms with van der Waals surface area (Å²) in [5.74, 6) is -0.532. The Bertz CT molecular complexity index is 1020. The normalized spacial score (nSPS) is 23.0. The minimum atomic E-state index is -1.04. The number of aryl methyl sites for hydroxylation is 2. The number of carbonyl (C=O) groups is 3. The zero-order valence-electron chi connectivity index (χ0n) is 16.2. The molecule has 2 heterocycles. The predicted molar refractivity (Wildman–Crippen MR) is 108 cm³/mol. The first-order valence-corrected chi connectivity index (χ1v) is 10.2. The summed E-state index contributed by atoms with van der Waals surface area (Å²) in [5.41, 5.74) is 2.93. The summed E-state index contributed by atoms with van der Waals surface area (Å²) in [6, 6.07) is 15.1. The highest BCUT2D eigenvalue weighted by molar-refractivity contribution is 6.11. The van der Waals surface area contributed by atoms with Crippen molar-refractivity contribution in [3.63, 3.8) is 0 Å². The van der Waals surface area contributed by atoms with Crippen molar-refractivity contribution in [1.82, 2.24) is 10.2 Å². The molecule has 0 bridgehead atoms. The van der Waals surface area contributed by atoms with Gasteiger partial charge in [-0.05, 0) is 54.9 Å². The average Bonchev–Trinajstić information content (AvgIpc) is 2.98. The summed E-state index contributed by atoms with van der Waals surface area (Å²) < 4.78 is 0. The number of anilines is 1. The van der Waals surface area contributed by atoms with Crippen molar-refractivity contribution in [1.29, 1.82) is 0 Å². The minimum Gasteiger partial charge on any atom is -0.319 e. The average molecular weight is 389 g/mol. The minimum absolute atomic E-state index is 0.221. The van der Waals surface area contributed by atoms with Gasteiger partial charge < -0.3 is 10.2 Å². The molecule has 5 rings (SSSR count). The first kappa shape index (κ1) is 17.9. The van der Waals surface area contributed by atoms with Crippen LogP contribution in [0, 0.1) is 0 Å². The predicted octanol–water partition coefficient (Wildman–Crippen LogP) is 2.75. The van der Waals surface area contributed by atoms with E-state index in [1.54, 1.807) is 4.90 Å². The Morgan fingerprint density at radius 3 is 2.55 bits per heavy atom. The first-order valence-electron chi connectivity index (χ1n) is 10.2. The largest absolute Gasteiger partial charge is 0.325 e. The molecule has 2 aromatic carbocycles. The van der Waals surface area contributed by atoms with Crippen molar-refractivity contribution in [2.24, 2.45) is 0 Å². The number of nitrogens with zero attached hydrogens (tertiary/aromatic N) is 2. The number of para-hydroxylation sites is 1. The Morgan fingerprint density at radius 2 is 1.69 bits per heavy atom. The van der Waals surface area contributed by atoms with Gasteiger partial charge in [0.25, 0.3) is 5.91 Å². The second-order valence-electron chi connectivity index (χ2n) is 8.02. The molecule has 3 aliphatic rings. The molecule has 29 heavy (non-hydrogen) atoms. The van der Waals surface area contributed by atoms with E-state index in [4.69, 9.17) is 0 Å². The molecule has 0 saturated carbocycles. The molecule has 6 nitrogen and oxygen atoms in total. The standard InChI is InChI=1S/C23H23N3O3/c27-20(25-14-6-10-17-8-2-4-12-19(17)25)15-26-21(28)23(24-22(26)29)13-5-9-16-7-1-3-11-18(16)23/h1-4,7-8,11-12H,5-6,9-10,13-15H2,(H,24,29). The third kappa shape index (κ3) is 2.74. The number of hydrogen-bond donors (Lipinski definition) is 1. The monoisotopic (exact) mass is 389 g/mol. The Labute approximate surface area is 169 Å². The van der Waals surface area contributed by atoms with Crippen molar-refractivity contribution >= 4 is 23.5 Å². The van der Waals surface area contributed by atoms with E-state index in [1.165, 1.54) is 0 Å². The fraction of sp³-hybridized carbons (Fsp3) is 0.348. The van der Waals surface area contributed by atoms with E-state index in [2.05, 4.69) is 5.32 Å². The molecule has 2 aromatic rings. The van der Waals surface area contributed by atoms with Crippen molar-refractivity contribution in [3.05, 3.63) is 65.2 Å². The van der Waals surface area contributed by atoms with E-state index in [-0.39, 0.29) is 18.4 Å². The van der Waals surface area contributed by atoms with Crippen LogP contribution in [0.4, 0.5) is 10.5 Å². The summed E-state index contributed by atoms with van der Waals surface area (Å²) in [5, 5.41) is 2.92. The second kappa shape index (κ2) is 6.72. The zero-order valence-corrected chi connectivity index (χ0v) is 16.2. The summed E-state index contributed by atoms with van der Waals surface area (Å²) in [7, 11) is 0. The number of amides is 4. The van der Waals surface area contributed by atoms with Crippen LogP contribution in [0.25, 0.3) is 0 Å². The molecule has 1 unspecified atom stereocenters. The molecule has 0 aromatic heterocycles. The molecule has 1 aliphatic carbocycles. The van der Waals surface area contributed by atoms with Crippen molar-refractivity contribution in [2.45, 2.75) is 37.6 Å². The van der Waals surface area contributed by atoms with Gasteiger partial charge in [-0.2, -0.15) is 0 Å². The molecule has 4 amide bonds. The molecular formula is C23H23N3O3. The van der Waals surface area contributed by atoms with Crippen LogP contribution in [0.5, 0.6) is 0 Å². The summed E-state index contributed by atoms with van der Waals surface area (Å²) in [4.78, 5) is 42.0. The van der Waals surface area contributed by atoms with Crippen LogP contribution in [0.3, 0.4) is 0 Å². The molecule has 2 aliphatic heterocycles. The van der Waals surface area contributed by atoms with Gasteiger partial charge in [-0.3, -0.25) is 14.5 Å². The summed E-state index contributed by atoms with van der Waals surface area (Å²) in [6.45, 7) is 0.371. The van der Waals surface area contributed by atoms with E-state index in [9.17, 15) is 14.4 Å². The number of urea groups is 1. The van der Waals surface area contributed by atoms with Crippen LogP contribution < -0.4 is 10.2 Å². The molecule has 1 saturated heterocycles. The molecule has 6 heteroatoms. The lowest BCUT2D eigenvalue weighted by Crippen LogP contribution is -2.48. The van der Waals surface area contributed by atoms with Crippen LogP contribution in [0.1, 0.15) is 36.0 Å². The maximum atomic E-state index is 13.4. The Hall–Kier alpha value is -3.15. The van der Waals surface area contributed by atoms with Gasteiger partial charge in [-0.25, -0.2) is 4.79 Å². The lowest BCUT2D eigenvalue weighted by molar-refractivity contribution is -0.135. The lowest BCUT2D eigenvalue weighted by atomic mass is 9.76. The molecule has 1 N–H and O–H groups in total. The quantitative estimate of drug-likeness (QED) is 0.803.